The minimum atomic E-state index is -0.996. The van der Waals surface area contributed by atoms with Crippen LogP contribution in [0.5, 0.6) is 5.75 Å². The topological polar surface area (TPSA) is 99.8 Å². The van der Waals surface area contributed by atoms with E-state index in [9.17, 15) is 14.4 Å². The van der Waals surface area contributed by atoms with Crippen molar-refractivity contribution in [3.63, 3.8) is 0 Å². The van der Waals surface area contributed by atoms with Crippen molar-refractivity contribution >= 4 is 23.8 Å². The molecule has 0 saturated heterocycles. The fraction of sp³-hybridized carbons (Fsp3) is 0.607. The smallest absolute Gasteiger partial charge is 0.247 e. The van der Waals surface area contributed by atoms with E-state index in [1.165, 1.54) is 0 Å². The van der Waals surface area contributed by atoms with Gasteiger partial charge in [0.15, 0.2) is 0 Å². The Morgan fingerprint density at radius 2 is 1.69 bits per heavy atom. The number of nitrogens with zero attached hydrogens (tertiary/aromatic N) is 1. The van der Waals surface area contributed by atoms with Crippen LogP contribution < -0.4 is 20.7 Å². The summed E-state index contributed by atoms with van der Waals surface area (Å²) in [4.78, 5) is 42.1. The van der Waals surface area contributed by atoms with Gasteiger partial charge in [0.1, 0.15) is 23.9 Å². The maximum atomic E-state index is 13.7. The lowest BCUT2D eigenvalue weighted by atomic mass is 9.94. The maximum absolute atomic E-state index is 13.7. The van der Waals surface area contributed by atoms with E-state index in [0.29, 0.717) is 12.2 Å². The molecular formula is C28H44N4O4. The fourth-order valence-electron chi connectivity index (χ4n) is 4.45. The van der Waals surface area contributed by atoms with Crippen molar-refractivity contribution in [1.29, 1.82) is 0 Å². The Balaban J connectivity index is 2.52. The standard InChI is InChI=1S/C28H44N4O4/c1-9-19(6)24(32(7)8)28(35)31-23-25(18(4)5)36-21-12-10-20(11-13-21)14-15-29-26(33)22(16-17(2)3)30-27(23)34/h10-15,17-19,22-25H,9,16H2,1-8H3,(H,29,33)(H,30,34)(H,31,35)/t19-,22-,23+,24-,25-/m0/s1. The van der Waals surface area contributed by atoms with Crippen LogP contribution in [0.4, 0.5) is 0 Å². The lowest BCUT2D eigenvalue weighted by Gasteiger charge is -2.35. The summed E-state index contributed by atoms with van der Waals surface area (Å²) in [7, 11) is 3.72. The van der Waals surface area contributed by atoms with Gasteiger partial charge in [-0.15, -0.1) is 0 Å². The van der Waals surface area contributed by atoms with E-state index in [1.807, 2.05) is 84.8 Å². The predicted molar refractivity (Wildman–Crippen MR) is 143 cm³/mol. The molecule has 1 aromatic carbocycles. The molecule has 8 heteroatoms. The van der Waals surface area contributed by atoms with Crippen LogP contribution in [-0.2, 0) is 14.4 Å². The summed E-state index contributed by atoms with van der Waals surface area (Å²) in [5, 5.41) is 8.68. The van der Waals surface area contributed by atoms with Crippen LogP contribution in [0, 0.1) is 17.8 Å². The highest BCUT2D eigenvalue weighted by atomic mass is 16.5. The minimum absolute atomic E-state index is 0.0822. The molecule has 3 N–H and O–H groups in total. The Morgan fingerprint density at radius 1 is 1.06 bits per heavy atom. The number of amides is 3. The first-order valence-electron chi connectivity index (χ1n) is 12.9. The van der Waals surface area contributed by atoms with E-state index in [4.69, 9.17) is 4.74 Å². The second-order valence-electron chi connectivity index (χ2n) is 10.7. The van der Waals surface area contributed by atoms with Gasteiger partial charge >= 0.3 is 0 Å². The number of hydrogen-bond donors (Lipinski definition) is 3. The van der Waals surface area contributed by atoms with E-state index in [0.717, 1.165) is 12.0 Å². The lowest BCUT2D eigenvalue weighted by Crippen LogP contribution is -2.62. The molecule has 36 heavy (non-hydrogen) atoms. The molecule has 2 aliphatic heterocycles. The number of likely N-dealkylation sites (N-methyl/N-ethyl adjacent to an activating group) is 1. The highest BCUT2D eigenvalue weighted by molar-refractivity contribution is 5.94. The van der Waals surface area contributed by atoms with Crippen molar-refractivity contribution in [1.82, 2.24) is 20.9 Å². The van der Waals surface area contributed by atoms with E-state index >= 15 is 0 Å². The molecule has 0 fully saturated rings. The zero-order chi connectivity index (χ0) is 27.0. The van der Waals surface area contributed by atoms with Crippen LogP contribution >= 0.6 is 0 Å². The molecule has 2 bridgehead atoms. The van der Waals surface area contributed by atoms with E-state index in [-0.39, 0.29) is 29.6 Å². The first-order chi connectivity index (χ1) is 16.9. The number of carbonyl (C=O) groups is 3. The summed E-state index contributed by atoms with van der Waals surface area (Å²) in [5.41, 5.74) is 0.900. The molecule has 200 valence electrons. The van der Waals surface area contributed by atoms with Gasteiger partial charge in [0.05, 0.1) is 6.04 Å². The van der Waals surface area contributed by atoms with E-state index in [1.54, 1.807) is 12.3 Å². The molecule has 2 heterocycles. The Kier molecular flexibility index (Phi) is 11.0. The molecule has 0 aromatic heterocycles. The van der Waals surface area contributed by atoms with Gasteiger partial charge in [0.2, 0.25) is 17.7 Å². The van der Waals surface area contributed by atoms with Crippen molar-refractivity contribution in [2.24, 2.45) is 17.8 Å². The van der Waals surface area contributed by atoms with Crippen LogP contribution in [0.15, 0.2) is 30.5 Å². The summed E-state index contributed by atoms with van der Waals surface area (Å²) in [6.07, 6.45) is 3.99. The summed E-state index contributed by atoms with van der Waals surface area (Å²) >= 11 is 0. The van der Waals surface area contributed by atoms with Gasteiger partial charge in [-0.25, -0.2) is 0 Å². The Bertz CT molecular complexity index is 911. The highest BCUT2D eigenvalue weighted by Crippen LogP contribution is 2.22. The van der Waals surface area contributed by atoms with E-state index < -0.39 is 30.1 Å². The summed E-state index contributed by atoms with van der Waals surface area (Å²) in [6, 6.07) is 5.24. The maximum Gasteiger partial charge on any atom is 0.247 e. The number of benzene rings is 1. The Morgan fingerprint density at radius 3 is 2.22 bits per heavy atom. The highest BCUT2D eigenvalue weighted by Gasteiger charge is 2.38. The molecule has 0 radical (unpaired) electrons. The van der Waals surface area contributed by atoms with Crippen molar-refractivity contribution in [3.8, 4) is 5.75 Å². The molecule has 2 aliphatic rings. The third kappa shape index (κ3) is 8.08. The van der Waals surface area contributed by atoms with Gasteiger partial charge in [0.25, 0.3) is 0 Å². The zero-order valence-corrected chi connectivity index (χ0v) is 23.0. The number of hydrogen-bond acceptors (Lipinski definition) is 5. The van der Waals surface area contributed by atoms with Crippen molar-refractivity contribution < 1.29 is 19.1 Å². The van der Waals surface area contributed by atoms with Crippen molar-refractivity contribution in [3.05, 3.63) is 36.0 Å². The second kappa shape index (κ2) is 13.4. The Hall–Kier alpha value is -2.87. The molecule has 0 unspecified atom stereocenters. The number of rotatable bonds is 8. The number of nitrogens with one attached hydrogen (secondary N) is 3. The van der Waals surface area contributed by atoms with Crippen LogP contribution in [-0.4, -0.2) is 60.9 Å². The molecule has 1 aromatic rings. The quantitative estimate of drug-likeness (QED) is 0.509. The van der Waals surface area contributed by atoms with Gasteiger partial charge in [-0.2, -0.15) is 0 Å². The zero-order valence-electron chi connectivity index (χ0n) is 23.0. The molecule has 0 saturated carbocycles. The minimum Gasteiger partial charge on any atom is -0.487 e. The van der Waals surface area contributed by atoms with Gasteiger partial charge in [-0.1, -0.05) is 60.1 Å². The largest absolute Gasteiger partial charge is 0.487 e. The van der Waals surface area contributed by atoms with Crippen molar-refractivity contribution in [2.45, 2.75) is 78.6 Å². The van der Waals surface area contributed by atoms with Gasteiger partial charge in [-0.3, -0.25) is 19.3 Å². The van der Waals surface area contributed by atoms with Crippen LogP contribution in [0.2, 0.25) is 0 Å². The first kappa shape index (κ1) is 29.4. The monoisotopic (exact) mass is 500 g/mol. The van der Waals surface area contributed by atoms with Gasteiger partial charge in [0, 0.05) is 6.20 Å². The predicted octanol–water partition coefficient (Wildman–Crippen LogP) is 3.18. The Labute approximate surface area is 216 Å². The molecule has 8 nitrogen and oxygen atoms in total. The summed E-state index contributed by atoms with van der Waals surface area (Å²) < 4.78 is 6.31. The fourth-order valence-corrected chi connectivity index (χ4v) is 4.45. The van der Waals surface area contributed by atoms with Gasteiger partial charge in [-0.05, 0) is 62.0 Å². The van der Waals surface area contributed by atoms with Crippen LogP contribution in [0.1, 0.15) is 59.9 Å². The summed E-state index contributed by atoms with van der Waals surface area (Å²) in [5.74, 6) is -0.241. The lowest BCUT2D eigenvalue weighted by molar-refractivity contribution is -0.137. The normalized spacial score (nSPS) is 22.6. The molecule has 3 rings (SSSR count). The van der Waals surface area contributed by atoms with Crippen LogP contribution in [0.25, 0.3) is 6.08 Å². The average molecular weight is 501 g/mol. The second-order valence-corrected chi connectivity index (χ2v) is 10.7. The van der Waals surface area contributed by atoms with Gasteiger partial charge < -0.3 is 20.7 Å². The first-order valence-corrected chi connectivity index (χ1v) is 12.9. The average Bonchev–Trinajstić information content (AvgIpc) is 2.80. The van der Waals surface area contributed by atoms with Crippen molar-refractivity contribution in [2.75, 3.05) is 14.1 Å². The molecule has 0 aliphatic carbocycles. The number of fused-ring (bicyclic) bond motifs is 10. The third-order valence-electron chi connectivity index (χ3n) is 6.57. The number of ether oxygens (including phenoxy) is 1. The molecule has 5 atom stereocenters. The molecule has 3 amide bonds. The van der Waals surface area contributed by atoms with Crippen LogP contribution in [0.3, 0.4) is 0 Å². The summed E-state index contributed by atoms with van der Waals surface area (Å²) in [6.45, 7) is 12.0. The van der Waals surface area contributed by atoms with E-state index in [2.05, 4.69) is 16.0 Å². The third-order valence-corrected chi connectivity index (χ3v) is 6.57. The number of carbonyl (C=O) groups excluding carboxylic acids is 3. The molecular weight excluding hydrogens is 456 g/mol. The molecule has 0 spiro atoms. The SMILES string of the molecule is CC[C@H](C)[C@@H](C(=O)N[C@H]1C(=O)N[C@@H](CC(C)C)C(=O)NC=Cc2ccc(cc2)O[C@H]1C(C)C)N(C)C.